The van der Waals surface area contributed by atoms with E-state index in [1.807, 2.05) is 43.3 Å². The molecule has 0 spiro atoms. The van der Waals surface area contributed by atoms with E-state index in [4.69, 9.17) is 10.5 Å². The summed E-state index contributed by atoms with van der Waals surface area (Å²) in [5.41, 5.74) is 9.87. The number of carbonyl (C=O) groups excluding carboxylic acids is 2. The van der Waals surface area contributed by atoms with Gasteiger partial charge in [-0.05, 0) is 73.8 Å². The van der Waals surface area contributed by atoms with E-state index in [9.17, 15) is 9.59 Å². The number of nitrogens with two attached hydrogens (primary N) is 1. The summed E-state index contributed by atoms with van der Waals surface area (Å²) in [7, 11) is 3.79. The first-order chi connectivity index (χ1) is 14.9. The Morgan fingerprint density at radius 3 is 2.35 bits per heavy atom. The number of benzene rings is 2. The van der Waals surface area contributed by atoms with E-state index < -0.39 is 6.09 Å². The molecule has 1 aromatic heterocycles. The summed E-state index contributed by atoms with van der Waals surface area (Å²) in [6, 6.07) is 15.7. The number of amides is 2. The Balaban J connectivity index is 1.63. The first-order valence-corrected chi connectivity index (χ1v) is 9.72. The summed E-state index contributed by atoms with van der Waals surface area (Å²) < 4.78 is 5.09. The molecule has 0 aliphatic heterocycles. The number of nitrogen functional groups attached to an aromatic ring is 1. The number of nitrogens with zero attached hydrogens (tertiary/aromatic N) is 2. The maximum atomic E-state index is 12.7. The van der Waals surface area contributed by atoms with Crippen LogP contribution < -0.4 is 16.4 Å². The molecule has 0 fully saturated rings. The van der Waals surface area contributed by atoms with E-state index in [2.05, 4.69) is 15.6 Å². The van der Waals surface area contributed by atoms with Crippen LogP contribution in [-0.2, 0) is 4.74 Å². The van der Waals surface area contributed by atoms with Crippen molar-refractivity contribution in [3.63, 3.8) is 0 Å². The summed E-state index contributed by atoms with van der Waals surface area (Å²) in [6.45, 7) is 0.928. The Kier molecular flexibility index (Phi) is 7.18. The molecule has 2 amide bonds. The van der Waals surface area contributed by atoms with Gasteiger partial charge < -0.3 is 20.7 Å². The highest BCUT2D eigenvalue weighted by molar-refractivity contribution is 6.06. The van der Waals surface area contributed by atoms with E-state index in [0.29, 0.717) is 35.8 Å². The van der Waals surface area contributed by atoms with Gasteiger partial charge in [0.05, 0.1) is 11.4 Å². The van der Waals surface area contributed by atoms with E-state index in [1.54, 1.807) is 42.7 Å². The second-order valence-electron chi connectivity index (χ2n) is 7.13. The monoisotopic (exact) mass is 419 g/mol. The van der Waals surface area contributed by atoms with Crippen molar-refractivity contribution in [3.05, 3.63) is 72.6 Å². The fourth-order valence-corrected chi connectivity index (χ4v) is 2.76. The number of carbonyl (C=O) groups is 2. The highest BCUT2D eigenvalue weighted by atomic mass is 16.5. The molecule has 2 aromatic carbocycles. The van der Waals surface area contributed by atoms with Crippen molar-refractivity contribution in [1.82, 2.24) is 9.88 Å². The smallest absolute Gasteiger partial charge is 0.411 e. The lowest BCUT2D eigenvalue weighted by Gasteiger charge is -2.12. The molecule has 0 radical (unpaired) electrons. The SMILES string of the molecule is CN(C)CCOC(=O)Nc1ccc(C(=O)Nc2cc(-c3ccncc3)ccc2N)cc1. The molecule has 0 aliphatic rings. The fraction of sp³-hybridized carbons (Fsp3) is 0.174. The normalized spacial score (nSPS) is 10.5. The van der Waals surface area contributed by atoms with Crippen LogP contribution in [0.15, 0.2) is 67.0 Å². The Hall–Kier alpha value is -3.91. The van der Waals surface area contributed by atoms with E-state index in [-0.39, 0.29) is 5.91 Å². The number of rotatable bonds is 7. The molecule has 0 aliphatic carbocycles. The lowest BCUT2D eigenvalue weighted by atomic mass is 10.1. The minimum Gasteiger partial charge on any atom is -0.448 e. The van der Waals surface area contributed by atoms with Gasteiger partial charge in [-0.15, -0.1) is 0 Å². The Labute approximate surface area is 181 Å². The predicted octanol–water partition coefficient (Wildman–Crippen LogP) is 3.69. The topological polar surface area (TPSA) is 110 Å². The molecule has 160 valence electrons. The third-order valence-electron chi connectivity index (χ3n) is 4.48. The summed E-state index contributed by atoms with van der Waals surface area (Å²) >= 11 is 0. The molecule has 0 bridgehead atoms. The number of nitrogens with one attached hydrogen (secondary N) is 2. The molecule has 4 N–H and O–H groups in total. The zero-order valence-electron chi connectivity index (χ0n) is 17.5. The maximum Gasteiger partial charge on any atom is 0.411 e. The van der Waals surface area contributed by atoms with Gasteiger partial charge >= 0.3 is 6.09 Å². The van der Waals surface area contributed by atoms with Gasteiger partial charge in [-0.2, -0.15) is 0 Å². The van der Waals surface area contributed by atoms with Crippen molar-refractivity contribution in [3.8, 4) is 11.1 Å². The average molecular weight is 419 g/mol. The number of pyridine rings is 1. The number of aromatic nitrogens is 1. The number of anilines is 3. The fourth-order valence-electron chi connectivity index (χ4n) is 2.76. The van der Waals surface area contributed by atoms with Crippen LogP contribution in [-0.4, -0.2) is 49.1 Å². The van der Waals surface area contributed by atoms with Gasteiger partial charge in [0.1, 0.15) is 6.61 Å². The lowest BCUT2D eigenvalue weighted by molar-refractivity contribution is 0.102. The first-order valence-electron chi connectivity index (χ1n) is 9.72. The number of likely N-dealkylation sites (N-methyl/N-ethyl adjacent to an activating group) is 1. The highest BCUT2D eigenvalue weighted by Gasteiger charge is 2.11. The molecule has 3 rings (SSSR count). The maximum absolute atomic E-state index is 12.7. The predicted molar refractivity (Wildman–Crippen MR) is 122 cm³/mol. The molecule has 8 nitrogen and oxygen atoms in total. The Bertz CT molecular complexity index is 1040. The molecule has 31 heavy (non-hydrogen) atoms. The summed E-state index contributed by atoms with van der Waals surface area (Å²) in [6.07, 6.45) is 2.87. The molecule has 8 heteroatoms. The van der Waals surface area contributed by atoms with Gasteiger partial charge in [-0.3, -0.25) is 15.1 Å². The van der Waals surface area contributed by atoms with E-state index >= 15 is 0 Å². The van der Waals surface area contributed by atoms with Crippen LogP contribution in [0.1, 0.15) is 10.4 Å². The van der Waals surface area contributed by atoms with Crippen molar-refractivity contribution in [2.24, 2.45) is 0 Å². The van der Waals surface area contributed by atoms with Gasteiger partial charge in [0.25, 0.3) is 5.91 Å². The highest BCUT2D eigenvalue weighted by Crippen LogP contribution is 2.27. The lowest BCUT2D eigenvalue weighted by Crippen LogP contribution is -2.22. The second kappa shape index (κ2) is 10.2. The summed E-state index contributed by atoms with van der Waals surface area (Å²) in [4.78, 5) is 30.4. The molecule has 0 unspecified atom stereocenters. The van der Waals surface area contributed by atoms with E-state index in [0.717, 1.165) is 11.1 Å². The van der Waals surface area contributed by atoms with Gasteiger partial charge in [-0.25, -0.2) is 4.79 Å². The summed E-state index contributed by atoms with van der Waals surface area (Å²) in [5.74, 6) is -0.307. The third kappa shape index (κ3) is 6.28. The van der Waals surface area contributed by atoms with Gasteiger partial charge in [0.15, 0.2) is 0 Å². The number of hydrogen-bond donors (Lipinski definition) is 3. The number of hydrogen-bond acceptors (Lipinski definition) is 6. The van der Waals surface area contributed by atoms with Gasteiger partial charge in [0, 0.05) is 30.2 Å². The van der Waals surface area contributed by atoms with Crippen LogP contribution in [0, 0.1) is 0 Å². The van der Waals surface area contributed by atoms with Crippen LogP contribution in [0.3, 0.4) is 0 Å². The summed E-state index contributed by atoms with van der Waals surface area (Å²) in [5, 5.41) is 5.47. The van der Waals surface area contributed by atoms with Gasteiger partial charge in [-0.1, -0.05) is 6.07 Å². The van der Waals surface area contributed by atoms with Gasteiger partial charge in [0.2, 0.25) is 0 Å². The molecule has 1 heterocycles. The number of ether oxygens (including phenoxy) is 1. The van der Waals surface area contributed by atoms with Crippen molar-refractivity contribution in [1.29, 1.82) is 0 Å². The molecule has 0 atom stereocenters. The Morgan fingerprint density at radius 2 is 1.68 bits per heavy atom. The average Bonchev–Trinajstić information content (AvgIpc) is 2.76. The first kappa shape index (κ1) is 21.8. The molecular formula is C23H25N5O3. The van der Waals surface area contributed by atoms with Crippen molar-refractivity contribution >= 4 is 29.1 Å². The largest absolute Gasteiger partial charge is 0.448 e. The van der Waals surface area contributed by atoms with E-state index in [1.165, 1.54) is 0 Å². The zero-order chi connectivity index (χ0) is 22.2. The van der Waals surface area contributed by atoms with Crippen molar-refractivity contribution < 1.29 is 14.3 Å². The Morgan fingerprint density at radius 1 is 0.968 bits per heavy atom. The van der Waals surface area contributed by atoms with Crippen molar-refractivity contribution in [2.75, 3.05) is 43.6 Å². The van der Waals surface area contributed by atoms with Crippen molar-refractivity contribution in [2.45, 2.75) is 0 Å². The molecule has 0 saturated carbocycles. The van der Waals surface area contributed by atoms with Crippen LogP contribution in [0.4, 0.5) is 21.9 Å². The third-order valence-corrected chi connectivity index (χ3v) is 4.48. The molecule has 0 saturated heterocycles. The zero-order valence-corrected chi connectivity index (χ0v) is 17.5. The minimum absolute atomic E-state index is 0.291. The van der Waals surface area contributed by atoms with Crippen LogP contribution in [0.25, 0.3) is 11.1 Å². The standard InChI is InChI=1S/C23H25N5O3/c1-28(2)13-14-31-23(30)26-19-6-3-17(4-7-19)22(29)27-21-15-18(5-8-20(21)24)16-9-11-25-12-10-16/h3-12,15H,13-14,24H2,1-2H3,(H,26,30)(H,27,29). The van der Waals surface area contributed by atoms with Crippen LogP contribution in [0.2, 0.25) is 0 Å². The van der Waals surface area contributed by atoms with Crippen LogP contribution in [0.5, 0.6) is 0 Å². The minimum atomic E-state index is -0.542. The van der Waals surface area contributed by atoms with Crippen LogP contribution >= 0.6 is 0 Å². The second-order valence-corrected chi connectivity index (χ2v) is 7.13. The quantitative estimate of drug-likeness (QED) is 0.504. The molecular weight excluding hydrogens is 394 g/mol. The molecule has 3 aromatic rings.